The van der Waals surface area contributed by atoms with Crippen LogP contribution in [0.25, 0.3) is 11.0 Å². The molecule has 1 N–H and O–H groups in total. The first-order valence-electron chi connectivity index (χ1n) is 10.5. The van der Waals surface area contributed by atoms with Gasteiger partial charge in [0, 0.05) is 12.6 Å². The predicted octanol–water partition coefficient (Wildman–Crippen LogP) is 4.81. The maximum absolute atomic E-state index is 12.7. The zero-order chi connectivity index (χ0) is 23.8. The molecule has 0 unspecified atom stereocenters. The van der Waals surface area contributed by atoms with Gasteiger partial charge in [0.25, 0.3) is 0 Å². The standard InChI is InChI=1S/C26H21NO7/c28-24(13-14-27-26(30)32-16-18-7-3-1-4-8-18)34-20-11-12-21-22(15-20)31-17-23(25(21)29)33-19-9-5-2-6-10-19/h1-12,15,17H,13-14,16H2,(H,27,30). The number of amides is 1. The lowest BCUT2D eigenvalue weighted by Gasteiger charge is -2.08. The Morgan fingerprint density at radius 3 is 2.38 bits per heavy atom. The molecule has 0 atom stereocenters. The van der Waals surface area contributed by atoms with Crippen LogP contribution < -0.4 is 20.2 Å². The van der Waals surface area contributed by atoms with E-state index in [4.69, 9.17) is 18.6 Å². The van der Waals surface area contributed by atoms with Crippen LogP contribution in [0, 0.1) is 0 Å². The molecule has 0 saturated carbocycles. The Morgan fingerprint density at radius 1 is 0.882 bits per heavy atom. The van der Waals surface area contributed by atoms with Crippen molar-refractivity contribution in [3.63, 3.8) is 0 Å². The van der Waals surface area contributed by atoms with E-state index in [0.717, 1.165) is 5.56 Å². The second-order valence-corrected chi connectivity index (χ2v) is 7.21. The minimum absolute atomic E-state index is 0.0497. The molecular weight excluding hydrogens is 438 g/mol. The molecule has 0 aliphatic heterocycles. The molecule has 0 spiro atoms. The van der Waals surface area contributed by atoms with Gasteiger partial charge in [-0.2, -0.15) is 0 Å². The van der Waals surface area contributed by atoms with E-state index < -0.39 is 12.1 Å². The van der Waals surface area contributed by atoms with Crippen molar-refractivity contribution in [2.45, 2.75) is 13.0 Å². The lowest BCUT2D eigenvalue weighted by molar-refractivity contribution is -0.134. The number of ether oxygens (including phenoxy) is 3. The average Bonchev–Trinajstić information content (AvgIpc) is 2.86. The number of carbonyl (C=O) groups is 2. The summed E-state index contributed by atoms with van der Waals surface area (Å²) in [7, 11) is 0. The lowest BCUT2D eigenvalue weighted by Crippen LogP contribution is -2.27. The first-order chi connectivity index (χ1) is 16.6. The number of para-hydroxylation sites is 1. The lowest BCUT2D eigenvalue weighted by atomic mass is 10.2. The smallest absolute Gasteiger partial charge is 0.407 e. The number of nitrogens with one attached hydrogen (secondary N) is 1. The van der Waals surface area contributed by atoms with Crippen molar-refractivity contribution in [2.75, 3.05) is 6.54 Å². The van der Waals surface area contributed by atoms with Gasteiger partial charge in [-0.25, -0.2) is 4.79 Å². The van der Waals surface area contributed by atoms with Gasteiger partial charge in [-0.1, -0.05) is 48.5 Å². The van der Waals surface area contributed by atoms with Gasteiger partial charge in [-0.05, 0) is 29.8 Å². The number of hydrogen-bond donors (Lipinski definition) is 1. The van der Waals surface area contributed by atoms with Crippen LogP contribution in [0.5, 0.6) is 17.2 Å². The summed E-state index contributed by atoms with van der Waals surface area (Å²) in [6, 6.07) is 22.6. The molecule has 0 fully saturated rings. The molecule has 1 amide bonds. The zero-order valence-electron chi connectivity index (χ0n) is 18.1. The molecule has 0 saturated heterocycles. The number of rotatable bonds is 8. The van der Waals surface area contributed by atoms with Crippen molar-refractivity contribution in [1.82, 2.24) is 5.32 Å². The van der Waals surface area contributed by atoms with Crippen molar-refractivity contribution in [2.24, 2.45) is 0 Å². The maximum atomic E-state index is 12.7. The summed E-state index contributed by atoms with van der Waals surface area (Å²) in [6.07, 6.45) is 0.526. The first kappa shape index (κ1) is 22.6. The van der Waals surface area contributed by atoms with Crippen molar-refractivity contribution >= 4 is 23.0 Å². The Labute approximate surface area is 194 Å². The predicted molar refractivity (Wildman–Crippen MR) is 124 cm³/mol. The van der Waals surface area contributed by atoms with Gasteiger partial charge in [0.15, 0.2) is 0 Å². The van der Waals surface area contributed by atoms with Crippen LogP contribution in [-0.2, 0) is 16.1 Å². The SMILES string of the molecule is O=C(CCNC(=O)OCc1ccccc1)Oc1ccc2c(=O)c(Oc3ccccc3)coc2c1. The van der Waals surface area contributed by atoms with Crippen LogP contribution in [0.3, 0.4) is 0 Å². The molecule has 1 heterocycles. The second-order valence-electron chi connectivity index (χ2n) is 7.21. The van der Waals surface area contributed by atoms with Crippen LogP contribution in [0.15, 0.2) is 94.3 Å². The van der Waals surface area contributed by atoms with Gasteiger partial charge < -0.3 is 23.9 Å². The molecule has 172 valence electrons. The number of fused-ring (bicyclic) bond motifs is 1. The van der Waals surface area contributed by atoms with Crippen LogP contribution in [0.2, 0.25) is 0 Å². The Kier molecular flexibility index (Phi) is 7.19. The summed E-state index contributed by atoms with van der Waals surface area (Å²) >= 11 is 0. The highest BCUT2D eigenvalue weighted by atomic mass is 16.5. The van der Waals surface area contributed by atoms with Crippen molar-refractivity contribution in [3.05, 3.63) is 101 Å². The number of esters is 1. The molecule has 8 heteroatoms. The number of carbonyl (C=O) groups excluding carboxylic acids is 2. The normalized spacial score (nSPS) is 10.5. The monoisotopic (exact) mass is 459 g/mol. The fraction of sp³-hybridized carbons (Fsp3) is 0.115. The highest BCUT2D eigenvalue weighted by molar-refractivity contribution is 5.81. The fourth-order valence-electron chi connectivity index (χ4n) is 3.06. The number of alkyl carbamates (subject to hydrolysis) is 1. The average molecular weight is 459 g/mol. The van der Waals surface area contributed by atoms with E-state index in [-0.39, 0.29) is 47.5 Å². The first-order valence-corrected chi connectivity index (χ1v) is 10.5. The van der Waals surface area contributed by atoms with E-state index in [2.05, 4.69) is 5.32 Å². The molecule has 4 rings (SSSR count). The molecule has 34 heavy (non-hydrogen) atoms. The molecule has 0 radical (unpaired) electrons. The highest BCUT2D eigenvalue weighted by Gasteiger charge is 2.12. The second kappa shape index (κ2) is 10.8. The minimum atomic E-state index is -0.627. The number of hydrogen-bond acceptors (Lipinski definition) is 7. The van der Waals surface area contributed by atoms with Gasteiger partial charge in [0.2, 0.25) is 11.2 Å². The summed E-state index contributed by atoms with van der Waals surface area (Å²) in [6.45, 7) is 0.187. The van der Waals surface area contributed by atoms with E-state index in [1.807, 2.05) is 36.4 Å². The molecule has 0 aliphatic carbocycles. The topological polar surface area (TPSA) is 104 Å². The molecular formula is C26H21NO7. The minimum Gasteiger partial charge on any atom is -0.460 e. The van der Waals surface area contributed by atoms with Gasteiger partial charge >= 0.3 is 12.1 Å². The molecule has 8 nitrogen and oxygen atoms in total. The Bertz CT molecular complexity index is 1330. The Morgan fingerprint density at radius 2 is 1.62 bits per heavy atom. The molecule has 1 aromatic heterocycles. The van der Waals surface area contributed by atoms with Crippen molar-refractivity contribution < 1.29 is 28.2 Å². The quantitative estimate of drug-likeness (QED) is 0.298. The number of benzene rings is 3. The molecule has 0 bridgehead atoms. The Balaban J connectivity index is 1.28. The van der Waals surface area contributed by atoms with Crippen LogP contribution >= 0.6 is 0 Å². The summed E-state index contributed by atoms with van der Waals surface area (Å²) in [5.41, 5.74) is 0.762. The maximum Gasteiger partial charge on any atom is 0.407 e. The van der Waals surface area contributed by atoms with E-state index in [9.17, 15) is 14.4 Å². The van der Waals surface area contributed by atoms with Crippen LogP contribution in [-0.4, -0.2) is 18.6 Å². The van der Waals surface area contributed by atoms with Gasteiger partial charge in [-0.15, -0.1) is 0 Å². The highest BCUT2D eigenvalue weighted by Crippen LogP contribution is 2.24. The molecule has 4 aromatic rings. The van der Waals surface area contributed by atoms with Gasteiger partial charge in [-0.3, -0.25) is 9.59 Å². The molecule has 3 aromatic carbocycles. The third-order valence-electron chi connectivity index (χ3n) is 4.73. The fourth-order valence-corrected chi connectivity index (χ4v) is 3.06. The third kappa shape index (κ3) is 6.01. The van der Waals surface area contributed by atoms with Crippen LogP contribution in [0.4, 0.5) is 4.79 Å². The Hall–Kier alpha value is -4.59. The van der Waals surface area contributed by atoms with E-state index >= 15 is 0 Å². The molecule has 0 aliphatic rings. The van der Waals surface area contributed by atoms with Crippen LogP contribution in [0.1, 0.15) is 12.0 Å². The third-order valence-corrected chi connectivity index (χ3v) is 4.73. The summed E-state index contributed by atoms with van der Waals surface area (Å²) in [5, 5.41) is 2.79. The summed E-state index contributed by atoms with van der Waals surface area (Å²) < 4.78 is 21.4. The van der Waals surface area contributed by atoms with Gasteiger partial charge in [0.1, 0.15) is 30.0 Å². The summed E-state index contributed by atoms with van der Waals surface area (Å²) in [5.74, 6) is 0.212. The van der Waals surface area contributed by atoms with E-state index in [0.29, 0.717) is 5.75 Å². The largest absolute Gasteiger partial charge is 0.460 e. The van der Waals surface area contributed by atoms with Gasteiger partial charge in [0.05, 0.1) is 11.8 Å². The van der Waals surface area contributed by atoms with Crippen molar-refractivity contribution in [3.8, 4) is 17.2 Å². The zero-order valence-corrected chi connectivity index (χ0v) is 18.1. The van der Waals surface area contributed by atoms with Crippen molar-refractivity contribution in [1.29, 1.82) is 0 Å². The van der Waals surface area contributed by atoms with E-state index in [1.165, 1.54) is 24.5 Å². The van der Waals surface area contributed by atoms with E-state index in [1.54, 1.807) is 24.3 Å². The summed E-state index contributed by atoms with van der Waals surface area (Å²) in [4.78, 5) is 36.5.